The van der Waals surface area contributed by atoms with E-state index in [1.54, 1.807) is 6.07 Å². The van der Waals surface area contributed by atoms with Crippen LogP contribution >= 0.6 is 0 Å². The predicted molar refractivity (Wildman–Crippen MR) is 113 cm³/mol. The zero-order chi connectivity index (χ0) is 23.1. The van der Waals surface area contributed by atoms with Crippen LogP contribution in [0.5, 0.6) is 0 Å². The fourth-order valence-corrected chi connectivity index (χ4v) is 6.26. The highest BCUT2D eigenvalue weighted by Crippen LogP contribution is 2.35. The van der Waals surface area contributed by atoms with E-state index in [0.717, 1.165) is 46.8 Å². The first-order valence-electron chi connectivity index (χ1n) is 9.48. The number of nitrogens with one attached hydrogen (secondary N) is 1. The summed E-state index contributed by atoms with van der Waals surface area (Å²) >= 11 is 0. The van der Waals surface area contributed by atoms with Gasteiger partial charge in [0.25, 0.3) is 20.0 Å². The molecule has 0 bridgehead atoms. The number of benzene rings is 3. The molecule has 3 aromatic carbocycles. The maximum atomic E-state index is 14.0. The Morgan fingerprint density at radius 1 is 0.844 bits per heavy atom. The molecule has 1 aliphatic heterocycles. The van der Waals surface area contributed by atoms with Crippen molar-refractivity contribution >= 4 is 31.4 Å². The van der Waals surface area contributed by atoms with Crippen molar-refractivity contribution in [1.29, 1.82) is 0 Å². The van der Waals surface area contributed by atoms with Gasteiger partial charge in [-0.2, -0.15) is 0 Å². The molecule has 0 aliphatic carbocycles. The van der Waals surface area contributed by atoms with Gasteiger partial charge in [0.05, 0.1) is 16.3 Å². The van der Waals surface area contributed by atoms with Gasteiger partial charge in [0.15, 0.2) is 4.90 Å². The third-order valence-electron chi connectivity index (χ3n) is 5.00. The predicted octanol–water partition coefficient (Wildman–Crippen LogP) is 4.05. The average molecular weight is 483 g/mol. The quantitative estimate of drug-likeness (QED) is 0.595. The molecule has 0 radical (unpaired) electrons. The van der Waals surface area contributed by atoms with E-state index in [-0.39, 0.29) is 22.8 Å². The largest absolute Gasteiger partial charge is 0.279 e. The van der Waals surface area contributed by atoms with Crippen molar-refractivity contribution in [1.82, 2.24) is 0 Å². The number of hydrogen-bond donors (Lipinski definition) is 1. The van der Waals surface area contributed by atoms with Gasteiger partial charge in [-0.3, -0.25) is 9.03 Å². The van der Waals surface area contributed by atoms with Gasteiger partial charge in [0.2, 0.25) is 0 Å². The summed E-state index contributed by atoms with van der Waals surface area (Å²) in [7, 11) is -8.67. The van der Waals surface area contributed by atoms with E-state index in [4.69, 9.17) is 0 Å². The topological polar surface area (TPSA) is 83.6 Å². The van der Waals surface area contributed by atoms with E-state index in [1.807, 2.05) is 0 Å². The maximum Gasteiger partial charge on any atom is 0.267 e. The lowest BCUT2D eigenvalue weighted by atomic mass is 10.0. The van der Waals surface area contributed by atoms with E-state index in [2.05, 4.69) is 4.72 Å². The lowest BCUT2D eigenvalue weighted by molar-refractivity contribution is 0.521. The number of anilines is 2. The summed E-state index contributed by atoms with van der Waals surface area (Å²) in [5.74, 6) is -3.09. The van der Waals surface area contributed by atoms with Gasteiger partial charge in [-0.15, -0.1) is 0 Å². The molecule has 0 fully saturated rings. The summed E-state index contributed by atoms with van der Waals surface area (Å²) in [6, 6.07) is 11.3. The zero-order valence-electron chi connectivity index (χ0n) is 16.4. The minimum absolute atomic E-state index is 0.0624. The molecule has 0 amide bonds. The van der Waals surface area contributed by atoms with Crippen molar-refractivity contribution in [2.24, 2.45) is 0 Å². The van der Waals surface area contributed by atoms with Gasteiger partial charge >= 0.3 is 0 Å². The van der Waals surface area contributed by atoms with Gasteiger partial charge in [-0.1, -0.05) is 12.1 Å². The lowest BCUT2D eigenvalue weighted by Crippen LogP contribution is -2.35. The smallest absolute Gasteiger partial charge is 0.267 e. The third kappa shape index (κ3) is 4.05. The monoisotopic (exact) mass is 482 g/mol. The van der Waals surface area contributed by atoms with Crippen molar-refractivity contribution < 1.29 is 30.0 Å². The molecule has 168 valence electrons. The summed E-state index contributed by atoms with van der Waals surface area (Å²) in [4.78, 5) is -1.25. The summed E-state index contributed by atoms with van der Waals surface area (Å²) in [6.45, 7) is 0.130. The molecule has 0 saturated carbocycles. The van der Waals surface area contributed by atoms with Crippen molar-refractivity contribution in [3.05, 3.63) is 83.7 Å². The van der Waals surface area contributed by atoms with Crippen LogP contribution in [0.4, 0.5) is 24.5 Å². The molecule has 0 aromatic heterocycles. The second-order valence-corrected chi connectivity index (χ2v) is 10.6. The second kappa shape index (κ2) is 8.14. The first-order chi connectivity index (χ1) is 15.1. The first kappa shape index (κ1) is 22.2. The Bertz CT molecular complexity index is 1370. The van der Waals surface area contributed by atoms with E-state index < -0.39 is 42.4 Å². The fourth-order valence-electron chi connectivity index (χ4n) is 3.53. The number of fused-ring (bicyclic) bond motifs is 1. The van der Waals surface area contributed by atoms with Crippen LogP contribution < -0.4 is 9.03 Å². The molecule has 1 N–H and O–H groups in total. The molecule has 3 aromatic rings. The molecule has 1 heterocycles. The van der Waals surface area contributed by atoms with Crippen molar-refractivity contribution in [2.75, 3.05) is 15.6 Å². The van der Waals surface area contributed by atoms with Crippen molar-refractivity contribution in [2.45, 2.75) is 22.6 Å². The van der Waals surface area contributed by atoms with Crippen LogP contribution in [0.25, 0.3) is 0 Å². The van der Waals surface area contributed by atoms with Gasteiger partial charge in [-0.25, -0.2) is 30.0 Å². The Morgan fingerprint density at radius 3 is 2.16 bits per heavy atom. The van der Waals surface area contributed by atoms with Crippen LogP contribution in [0.3, 0.4) is 0 Å². The highest BCUT2D eigenvalue weighted by molar-refractivity contribution is 7.93. The first-order valence-corrected chi connectivity index (χ1v) is 12.4. The van der Waals surface area contributed by atoms with E-state index >= 15 is 0 Å². The molecule has 0 unspecified atom stereocenters. The molecule has 0 saturated heterocycles. The van der Waals surface area contributed by atoms with Gasteiger partial charge in [0.1, 0.15) is 17.5 Å². The standard InChI is InChI=1S/C21H17F3N2O4S2/c22-15-7-10-17(11-8-15)32(29,30)26-12-2-3-14-6-9-16(13-20(14)26)25-31(27,28)21-18(23)4-1-5-19(21)24/h1,4-11,13,25H,2-3,12H2. The third-order valence-corrected chi connectivity index (χ3v) is 8.26. The zero-order valence-corrected chi connectivity index (χ0v) is 18.1. The Kier molecular flexibility index (Phi) is 5.63. The Morgan fingerprint density at radius 2 is 1.50 bits per heavy atom. The maximum absolute atomic E-state index is 14.0. The van der Waals surface area contributed by atoms with Crippen LogP contribution in [0.2, 0.25) is 0 Å². The normalized spacial score (nSPS) is 14.2. The molecule has 6 nitrogen and oxygen atoms in total. The van der Waals surface area contributed by atoms with Crippen molar-refractivity contribution in [3.63, 3.8) is 0 Å². The van der Waals surface area contributed by atoms with Crippen LogP contribution in [0.15, 0.2) is 70.5 Å². The highest BCUT2D eigenvalue weighted by Gasteiger charge is 2.30. The molecule has 11 heteroatoms. The van der Waals surface area contributed by atoms with Crippen LogP contribution in [-0.4, -0.2) is 23.4 Å². The minimum atomic E-state index is -4.62. The number of rotatable bonds is 5. The van der Waals surface area contributed by atoms with Crippen LogP contribution in [0.1, 0.15) is 12.0 Å². The summed E-state index contributed by atoms with van der Waals surface area (Å²) in [5.41, 5.74) is 0.823. The number of halogens is 3. The Labute approximate surface area is 183 Å². The number of nitrogens with zero attached hydrogens (tertiary/aromatic N) is 1. The molecule has 0 spiro atoms. The SMILES string of the molecule is O=S(=O)(Nc1ccc2c(c1)N(S(=O)(=O)c1ccc(F)cc1)CCC2)c1c(F)cccc1F. The fraction of sp³-hybridized carbons (Fsp3) is 0.143. The Balaban J connectivity index is 1.73. The molecule has 4 rings (SSSR count). The molecule has 32 heavy (non-hydrogen) atoms. The van der Waals surface area contributed by atoms with Gasteiger partial charge in [0, 0.05) is 6.54 Å². The van der Waals surface area contributed by atoms with Crippen LogP contribution in [0, 0.1) is 17.5 Å². The van der Waals surface area contributed by atoms with E-state index in [0.29, 0.717) is 18.4 Å². The summed E-state index contributed by atoms with van der Waals surface area (Å²) in [6.07, 6.45) is 1.08. The summed E-state index contributed by atoms with van der Waals surface area (Å²) < 4.78 is 95.9. The lowest BCUT2D eigenvalue weighted by Gasteiger charge is -2.31. The van der Waals surface area contributed by atoms with E-state index in [1.165, 1.54) is 12.1 Å². The molecule has 1 aliphatic rings. The highest BCUT2D eigenvalue weighted by atomic mass is 32.2. The second-order valence-electron chi connectivity index (χ2n) is 7.13. The van der Waals surface area contributed by atoms with Crippen molar-refractivity contribution in [3.8, 4) is 0 Å². The Hall–Kier alpha value is -3.05. The van der Waals surface area contributed by atoms with Gasteiger partial charge in [-0.05, 0) is 66.9 Å². The van der Waals surface area contributed by atoms with Gasteiger partial charge < -0.3 is 0 Å². The molecular weight excluding hydrogens is 465 g/mol. The molecule has 0 atom stereocenters. The molecular formula is C21H17F3N2O4S2. The number of hydrogen-bond acceptors (Lipinski definition) is 4. The summed E-state index contributed by atoms with van der Waals surface area (Å²) in [5, 5.41) is 0. The number of aryl methyl sites for hydroxylation is 1. The minimum Gasteiger partial charge on any atom is -0.279 e. The average Bonchev–Trinajstić information content (AvgIpc) is 2.73. The van der Waals surface area contributed by atoms with Crippen LogP contribution in [-0.2, 0) is 26.5 Å². The van der Waals surface area contributed by atoms with E-state index in [9.17, 15) is 30.0 Å². The number of sulfonamides is 2.